The molecule has 0 unspecified atom stereocenters. The van der Waals surface area contributed by atoms with Crippen molar-refractivity contribution < 1.29 is 0 Å². The molecule has 4 rings (SSSR count). The summed E-state index contributed by atoms with van der Waals surface area (Å²) in [5, 5.41) is 3.21. The van der Waals surface area contributed by atoms with Crippen LogP contribution in [0, 0.1) is 5.92 Å². The highest BCUT2D eigenvalue weighted by Crippen LogP contribution is 2.18. The van der Waals surface area contributed by atoms with Gasteiger partial charge in [-0.25, -0.2) is 4.79 Å². The maximum absolute atomic E-state index is 12.9. The molecule has 0 radical (unpaired) electrons. The molecule has 4 aromatic rings. The van der Waals surface area contributed by atoms with Crippen LogP contribution in [0.4, 0.5) is 11.5 Å². The zero-order valence-electron chi connectivity index (χ0n) is 19.7. The van der Waals surface area contributed by atoms with Crippen molar-refractivity contribution >= 4 is 17.3 Å². The molecule has 0 spiro atoms. The van der Waals surface area contributed by atoms with Gasteiger partial charge in [0.25, 0.3) is 5.56 Å². The molecule has 0 amide bonds. The number of nitrogens with zero attached hydrogens (tertiary/aromatic N) is 3. The van der Waals surface area contributed by atoms with Gasteiger partial charge < -0.3 is 11.1 Å². The van der Waals surface area contributed by atoms with Gasteiger partial charge in [0.1, 0.15) is 17.2 Å². The van der Waals surface area contributed by atoms with Crippen molar-refractivity contribution in [3.05, 3.63) is 111 Å². The number of benzene rings is 2. The smallest absolute Gasteiger partial charge is 0.329 e. The number of aromatic amines is 1. The Kier molecular flexibility index (Phi) is 7.21. The number of para-hydroxylation sites is 1. The summed E-state index contributed by atoms with van der Waals surface area (Å²) >= 11 is 0. The first-order chi connectivity index (χ1) is 16.9. The highest BCUT2D eigenvalue weighted by Gasteiger charge is 2.19. The van der Waals surface area contributed by atoms with Crippen LogP contribution in [-0.4, -0.2) is 20.4 Å². The summed E-state index contributed by atoms with van der Waals surface area (Å²) in [6.45, 7) is 4.63. The summed E-state index contributed by atoms with van der Waals surface area (Å²) in [7, 11) is 0. The third-order valence-corrected chi connectivity index (χ3v) is 5.40. The summed E-state index contributed by atoms with van der Waals surface area (Å²) in [6.07, 6.45) is 1.76. The Labute approximate surface area is 203 Å². The number of hydrogen-bond acceptors (Lipinski definition) is 5. The Hall–Kier alpha value is -4.46. The van der Waals surface area contributed by atoms with E-state index in [0.29, 0.717) is 18.9 Å². The Bertz CT molecular complexity index is 1420. The molecule has 0 bridgehead atoms. The van der Waals surface area contributed by atoms with Crippen LogP contribution in [0.25, 0.3) is 11.3 Å². The fraction of sp³-hybridized carbons (Fsp3) is 0.185. The van der Waals surface area contributed by atoms with Gasteiger partial charge in [0, 0.05) is 24.0 Å². The van der Waals surface area contributed by atoms with Crippen molar-refractivity contribution in [2.45, 2.75) is 26.9 Å². The van der Waals surface area contributed by atoms with Crippen LogP contribution in [0.1, 0.15) is 25.0 Å². The molecule has 0 aliphatic rings. The van der Waals surface area contributed by atoms with Crippen molar-refractivity contribution in [2.24, 2.45) is 10.9 Å². The number of pyridine rings is 1. The molecular formula is C27H28N6O2. The lowest BCUT2D eigenvalue weighted by Gasteiger charge is -2.17. The summed E-state index contributed by atoms with van der Waals surface area (Å²) in [5.41, 5.74) is 8.96. The minimum atomic E-state index is -0.583. The van der Waals surface area contributed by atoms with Gasteiger partial charge in [-0.2, -0.15) is 0 Å². The monoisotopic (exact) mass is 468 g/mol. The second-order valence-corrected chi connectivity index (χ2v) is 8.59. The number of H-pyrrole nitrogens is 1. The predicted octanol–water partition coefficient (Wildman–Crippen LogP) is 3.90. The van der Waals surface area contributed by atoms with E-state index in [9.17, 15) is 9.59 Å². The van der Waals surface area contributed by atoms with Gasteiger partial charge in [-0.05, 0) is 35.7 Å². The Balaban J connectivity index is 1.71. The first-order valence-electron chi connectivity index (χ1n) is 11.4. The van der Waals surface area contributed by atoms with Crippen LogP contribution < -0.4 is 22.3 Å². The third-order valence-electron chi connectivity index (χ3n) is 5.40. The molecule has 178 valence electrons. The van der Waals surface area contributed by atoms with Crippen molar-refractivity contribution in [1.82, 2.24) is 14.5 Å². The van der Waals surface area contributed by atoms with E-state index in [1.807, 2.05) is 86.6 Å². The molecule has 0 saturated carbocycles. The van der Waals surface area contributed by atoms with E-state index in [-0.39, 0.29) is 17.3 Å². The number of rotatable bonds is 7. The number of anilines is 2. The zero-order valence-corrected chi connectivity index (χ0v) is 19.7. The van der Waals surface area contributed by atoms with E-state index in [0.717, 1.165) is 22.5 Å². The lowest BCUT2D eigenvalue weighted by Crippen LogP contribution is -2.38. The number of nitrogens with two attached hydrogens (primary N) is 1. The fourth-order valence-electron chi connectivity index (χ4n) is 3.69. The molecule has 4 N–H and O–H groups in total. The molecule has 0 aliphatic heterocycles. The Morgan fingerprint density at radius 3 is 2.40 bits per heavy atom. The molecule has 0 saturated heterocycles. The van der Waals surface area contributed by atoms with Gasteiger partial charge in [0.2, 0.25) is 0 Å². The maximum Gasteiger partial charge on any atom is 0.329 e. The van der Waals surface area contributed by atoms with E-state index in [4.69, 9.17) is 10.7 Å². The van der Waals surface area contributed by atoms with E-state index in [1.165, 1.54) is 4.57 Å². The summed E-state index contributed by atoms with van der Waals surface area (Å²) < 4.78 is 1.38. The predicted molar refractivity (Wildman–Crippen MR) is 141 cm³/mol. The zero-order chi connectivity index (χ0) is 24.8. The first kappa shape index (κ1) is 23.7. The molecule has 35 heavy (non-hydrogen) atoms. The van der Waals surface area contributed by atoms with Crippen LogP contribution in [0.15, 0.2) is 93.6 Å². The van der Waals surface area contributed by atoms with E-state index in [2.05, 4.69) is 15.3 Å². The third kappa shape index (κ3) is 5.73. The first-order valence-corrected chi connectivity index (χ1v) is 11.4. The SMILES string of the molecule is CC(C)Cn1c(N)c(C(=NCc2ccc(-c3ccccn3)cc2)Nc2ccccc2)c(=O)[nH]c1=O. The molecule has 2 heterocycles. The minimum Gasteiger partial charge on any atom is -0.384 e. The van der Waals surface area contributed by atoms with Crippen molar-refractivity contribution in [3.8, 4) is 11.3 Å². The van der Waals surface area contributed by atoms with Gasteiger partial charge >= 0.3 is 5.69 Å². The fourth-order valence-corrected chi connectivity index (χ4v) is 3.69. The highest BCUT2D eigenvalue weighted by molar-refractivity contribution is 6.10. The summed E-state index contributed by atoms with van der Waals surface area (Å²) in [6, 6.07) is 23.1. The highest BCUT2D eigenvalue weighted by atomic mass is 16.2. The molecule has 0 aliphatic carbocycles. The number of aliphatic imine (C=N–C) groups is 1. The quantitative estimate of drug-likeness (QED) is 0.281. The molecule has 0 fully saturated rings. The van der Waals surface area contributed by atoms with Crippen LogP contribution in [-0.2, 0) is 13.1 Å². The van der Waals surface area contributed by atoms with Crippen LogP contribution in [0.3, 0.4) is 0 Å². The topological polar surface area (TPSA) is 118 Å². The largest absolute Gasteiger partial charge is 0.384 e. The number of nitrogen functional groups attached to an aromatic ring is 1. The van der Waals surface area contributed by atoms with Gasteiger partial charge in [-0.15, -0.1) is 0 Å². The Morgan fingerprint density at radius 2 is 1.74 bits per heavy atom. The van der Waals surface area contributed by atoms with Crippen molar-refractivity contribution in [1.29, 1.82) is 0 Å². The van der Waals surface area contributed by atoms with Gasteiger partial charge in [0.05, 0.1) is 12.2 Å². The molecule has 2 aromatic carbocycles. The van der Waals surface area contributed by atoms with E-state index >= 15 is 0 Å². The minimum absolute atomic E-state index is 0.0835. The van der Waals surface area contributed by atoms with E-state index < -0.39 is 11.2 Å². The molecule has 8 heteroatoms. The van der Waals surface area contributed by atoms with Gasteiger partial charge in [0.15, 0.2) is 0 Å². The standard InChI is InChI=1S/C27H28N6O2/c1-18(2)17-33-24(28)23(26(34)32-27(33)35)25(31-21-8-4-3-5-9-21)30-16-19-11-13-20(14-12-19)22-10-6-7-15-29-22/h3-15,18H,16-17,28H2,1-2H3,(H,30,31)(H,32,34,35). The molecule has 8 nitrogen and oxygen atoms in total. The van der Waals surface area contributed by atoms with Crippen LogP contribution in [0.2, 0.25) is 0 Å². The second-order valence-electron chi connectivity index (χ2n) is 8.59. The Morgan fingerprint density at radius 1 is 1.03 bits per heavy atom. The summed E-state index contributed by atoms with van der Waals surface area (Å²) in [4.78, 5) is 36.8. The average Bonchev–Trinajstić information content (AvgIpc) is 2.86. The maximum atomic E-state index is 12.9. The normalized spacial score (nSPS) is 11.6. The average molecular weight is 469 g/mol. The van der Waals surface area contributed by atoms with Gasteiger partial charge in [-0.3, -0.25) is 24.3 Å². The number of hydrogen-bond donors (Lipinski definition) is 3. The number of nitrogens with one attached hydrogen (secondary N) is 2. The molecule has 0 atom stereocenters. The van der Waals surface area contributed by atoms with Crippen molar-refractivity contribution in [3.63, 3.8) is 0 Å². The van der Waals surface area contributed by atoms with Gasteiger partial charge in [-0.1, -0.05) is 62.4 Å². The molecular weight excluding hydrogens is 440 g/mol. The second kappa shape index (κ2) is 10.6. The lowest BCUT2D eigenvalue weighted by molar-refractivity contribution is 0.507. The van der Waals surface area contributed by atoms with Crippen LogP contribution in [0.5, 0.6) is 0 Å². The lowest BCUT2D eigenvalue weighted by atomic mass is 10.1. The molecule has 2 aromatic heterocycles. The number of amidine groups is 1. The van der Waals surface area contributed by atoms with Crippen molar-refractivity contribution in [2.75, 3.05) is 11.1 Å². The number of aromatic nitrogens is 3. The summed E-state index contributed by atoms with van der Waals surface area (Å²) in [5.74, 6) is 0.537. The van der Waals surface area contributed by atoms with E-state index in [1.54, 1.807) is 6.20 Å². The van der Waals surface area contributed by atoms with Crippen LogP contribution >= 0.6 is 0 Å².